The molecule has 0 saturated heterocycles. The molecule has 0 radical (unpaired) electrons. The first-order valence-electron chi connectivity index (χ1n) is 11.7. The molecular weight excluding hydrogens is 511 g/mol. The zero-order valence-corrected chi connectivity index (χ0v) is 21.9. The molecule has 1 aliphatic rings. The van der Waals surface area contributed by atoms with Gasteiger partial charge in [-0.1, -0.05) is 12.1 Å². The van der Waals surface area contributed by atoms with Crippen molar-refractivity contribution in [1.29, 1.82) is 0 Å². The minimum atomic E-state index is -0.252. The maximum Gasteiger partial charge on any atom is 0.155 e. The molecule has 0 saturated carbocycles. The van der Waals surface area contributed by atoms with Crippen LogP contribution in [0.15, 0.2) is 55.0 Å². The van der Waals surface area contributed by atoms with Crippen molar-refractivity contribution in [3.05, 3.63) is 76.8 Å². The number of aromatic nitrogens is 4. The third-order valence-electron chi connectivity index (χ3n) is 6.44. The van der Waals surface area contributed by atoms with Crippen LogP contribution in [0.3, 0.4) is 0 Å². The lowest BCUT2D eigenvalue weighted by Crippen LogP contribution is -2.22. The summed E-state index contributed by atoms with van der Waals surface area (Å²) in [7, 11) is 3.89. The summed E-state index contributed by atoms with van der Waals surface area (Å²) in [5, 5.41) is 9.94. The first kappa shape index (κ1) is 25.0. The number of thiophene rings is 1. The molecule has 0 spiro atoms. The molecule has 6 rings (SSSR count). The minimum absolute atomic E-state index is 0. The average Bonchev–Trinajstić information content (AvgIpc) is 3.42. The second kappa shape index (κ2) is 9.99. The van der Waals surface area contributed by atoms with E-state index in [0.717, 1.165) is 48.6 Å². The van der Waals surface area contributed by atoms with Crippen molar-refractivity contribution in [2.45, 2.75) is 25.3 Å². The maximum atomic E-state index is 13.6. The largest absolute Gasteiger partial charge is 0.340 e. The average molecular weight is 536 g/mol. The Kier molecular flexibility index (Phi) is 6.74. The summed E-state index contributed by atoms with van der Waals surface area (Å²) in [5.74, 6) is 0.487. The lowest BCUT2D eigenvalue weighted by Gasteiger charge is -2.17. The Bertz CT molecular complexity index is 1670. The normalized spacial score (nSPS) is 14.9. The van der Waals surface area contributed by atoms with Crippen LogP contribution in [0, 0.1) is 5.82 Å². The van der Waals surface area contributed by atoms with Crippen molar-refractivity contribution in [1.82, 2.24) is 19.7 Å². The maximum absolute atomic E-state index is 13.6. The van der Waals surface area contributed by atoms with Gasteiger partial charge in [0, 0.05) is 22.4 Å². The number of Topliss-reactive ketones (excluding diaryl/α,β-unsaturated/α-hetero) is 1. The Morgan fingerprint density at radius 2 is 2.05 bits per heavy atom. The molecule has 7 nitrogen and oxygen atoms in total. The van der Waals surface area contributed by atoms with E-state index < -0.39 is 0 Å². The number of rotatable bonds is 5. The second-order valence-electron chi connectivity index (χ2n) is 9.23. The first-order valence-corrected chi connectivity index (χ1v) is 12.6. The van der Waals surface area contributed by atoms with Crippen LogP contribution < -0.4 is 5.32 Å². The van der Waals surface area contributed by atoms with Crippen molar-refractivity contribution in [3.8, 4) is 0 Å². The number of anilines is 2. The monoisotopic (exact) mass is 535 g/mol. The Balaban J connectivity index is 0.00000280. The van der Waals surface area contributed by atoms with E-state index in [1.54, 1.807) is 23.7 Å². The molecular formula is C27H25ClFN6OS+. The zero-order valence-electron chi connectivity index (χ0n) is 20.3. The van der Waals surface area contributed by atoms with Gasteiger partial charge in [-0.15, -0.1) is 23.7 Å². The summed E-state index contributed by atoms with van der Waals surface area (Å²) in [5.41, 5.74) is 3.86. The standard InChI is InChI=1S/C27H24FN6OS.ClH/c1-33(2)14-21-23(35)9-7-20-24-26(29-15-30-27(24)36-25(20)21)32-19-6-8-22-17(11-19)12-31-34(22)13-16-4-3-5-18(28)10-16;/h3-6,8,10-12,14-15,21H,7,9,13H2,1-2H3,(H,29,30,32);1H/q+1;. The van der Waals surface area contributed by atoms with Gasteiger partial charge >= 0.3 is 0 Å². The molecule has 1 atom stereocenters. The lowest BCUT2D eigenvalue weighted by molar-refractivity contribution is -0.460. The number of aryl methyl sites for hydroxylation is 1. The predicted molar refractivity (Wildman–Crippen MR) is 147 cm³/mol. The third-order valence-corrected chi connectivity index (χ3v) is 7.67. The molecule has 1 aliphatic carbocycles. The summed E-state index contributed by atoms with van der Waals surface area (Å²) in [6.45, 7) is 0.492. The van der Waals surface area contributed by atoms with Gasteiger partial charge in [0.25, 0.3) is 0 Å². The molecule has 1 N–H and O–H groups in total. The van der Waals surface area contributed by atoms with Crippen molar-refractivity contribution >= 4 is 68.4 Å². The molecule has 0 fully saturated rings. The van der Waals surface area contributed by atoms with Gasteiger partial charge in [0.2, 0.25) is 0 Å². The number of halogens is 2. The predicted octanol–water partition coefficient (Wildman–Crippen LogP) is 5.34. The molecule has 2 aromatic carbocycles. The highest BCUT2D eigenvalue weighted by molar-refractivity contribution is 7.19. The van der Waals surface area contributed by atoms with Crippen LogP contribution >= 0.6 is 23.7 Å². The zero-order chi connectivity index (χ0) is 24.8. The summed E-state index contributed by atoms with van der Waals surface area (Å²) in [4.78, 5) is 23.7. The molecule has 188 valence electrons. The van der Waals surface area contributed by atoms with Crippen LogP contribution in [0.5, 0.6) is 0 Å². The summed E-state index contributed by atoms with van der Waals surface area (Å²) in [6, 6.07) is 12.6. The highest BCUT2D eigenvalue weighted by Crippen LogP contribution is 2.42. The highest BCUT2D eigenvalue weighted by Gasteiger charge is 2.33. The quantitative estimate of drug-likeness (QED) is 0.243. The molecule has 10 heteroatoms. The van der Waals surface area contributed by atoms with Gasteiger partial charge in [0.1, 0.15) is 42.8 Å². The van der Waals surface area contributed by atoms with Gasteiger partial charge in [0.05, 0.1) is 23.6 Å². The van der Waals surface area contributed by atoms with Crippen LogP contribution in [0.25, 0.3) is 21.1 Å². The molecule has 37 heavy (non-hydrogen) atoms. The molecule has 0 aliphatic heterocycles. The molecule has 1 unspecified atom stereocenters. The van der Waals surface area contributed by atoms with Crippen molar-refractivity contribution < 1.29 is 13.8 Å². The SMILES string of the molecule is C[N+](C)=CC1C(=O)CCc2c1sc1ncnc(Nc3ccc4c(cnn4Cc4cccc(F)c4)c3)c21.Cl. The Morgan fingerprint density at radius 3 is 2.86 bits per heavy atom. The Labute approximate surface area is 223 Å². The van der Waals surface area contributed by atoms with Crippen LogP contribution in [0.1, 0.15) is 28.3 Å². The Morgan fingerprint density at radius 1 is 1.19 bits per heavy atom. The van der Waals surface area contributed by atoms with E-state index >= 15 is 0 Å². The minimum Gasteiger partial charge on any atom is -0.340 e. The number of hydrogen-bond acceptors (Lipinski definition) is 6. The topological polar surface area (TPSA) is 75.7 Å². The van der Waals surface area contributed by atoms with Crippen molar-refractivity contribution in [2.75, 3.05) is 19.4 Å². The number of carbonyl (C=O) groups is 1. The van der Waals surface area contributed by atoms with Gasteiger partial charge in [-0.05, 0) is 47.9 Å². The van der Waals surface area contributed by atoms with E-state index in [-0.39, 0.29) is 29.9 Å². The molecule has 3 aromatic heterocycles. The van der Waals surface area contributed by atoms with Crippen LogP contribution in [-0.2, 0) is 17.8 Å². The number of nitrogens with one attached hydrogen (secondary N) is 1. The lowest BCUT2D eigenvalue weighted by atomic mass is 9.87. The van der Waals surface area contributed by atoms with Gasteiger partial charge in [0.15, 0.2) is 12.0 Å². The van der Waals surface area contributed by atoms with E-state index in [1.165, 1.54) is 12.1 Å². The number of nitrogens with zero attached hydrogens (tertiary/aromatic N) is 5. The summed E-state index contributed by atoms with van der Waals surface area (Å²) >= 11 is 1.58. The Hall–Kier alpha value is -3.69. The van der Waals surface area contributed by atoms with E-state index in [9.17, 15) is 9.18 Å². The van der Waals surface area contributed by atoms with Crippen molar-refractivity contribution in [3.63, 3.8) is 0 Å². The molecule has 0 bridgehead atoms. The third kappa shape index (κ3) is 4.72. The number of ketones is 1. The molecule has 0 amide bonds. The van der Waals surface area contributed by atoms with Gasteiger partial charge < -0.3 is 5.32 Å². The van der Waals surface area contributed by atoms with E-state index in [0.29, 0.717) is 19.4 Å². The summed E-state index contributed by atoms with van der Waals surface area (Å²) in [6.07, 6.45) is 6.56. The van der Waals surface area contributed by atoms with Gasteiger partial charge in [-0.3, -0.25) is 9.48 Å². The number of carbonyl (C=O) groups excluding carboxylic acids is 1. The highest BCUT2D eigenvalue weighted by atomic mass is 35.5. The van der Waals surface area contributed by atoms with E-state index in [2.05, 4.69) is 20.4 Å². The fraction of sp³-hybridized carbons (Fsp3) is 0.222. The van der Waals surface area contributed by atoms with Gasteiger partial charge in [-0.2, -0.15) is 5.10 Å². The smallest absolute Gasteiger partial charge is 0.155 e. The molecule has 5 aromatic rings. The van der Waals surface area contributed by atoms with Crippen molar-refractivity contribution in [2.24, 2.45) is 0 Å². The second-order valence-corrected chi connectivity index (χ2v) is 10.3. The molecule has 3 heterocycles. The van der Waals surface area contributed by atoms with Crippen LogP contribution in [0.4, 0.5) is 15.9 Å². The fourth-order valence-corrected chi connectivity index (χ4v) is 6.11. The number of hydrogen-bond donors (Lipinski definition) is 1. The number of fused-ring (bicyclic) bond motifs is 4. The van der Waals surface area contributed by atoms with Crippen LogP contribution in [-0.4, -0.2) is 50.4 Å². The summed E-state index contributed by atoms with van der Waals surface area (Å²) < 4.78 is 17.4. The van der Waals surface area contributed by atoms with Crippen LogP contribution in [0.2, 0.25) is 0 Å². The fourth-order valence-electron chi connectivity index (χ4n) is 4.84. The van der Waals surface area contributed by atoms with Gasteiger partial charge in [-0.25, -0.2) is 18.9 Å². The number of benzene rings is 2. The van der Waals surface area contributed by atoms with E-state index in [4.69, 9.17) is 0 Å². The first-order chi connectivity index (χ1) is 17.5. The van der Waals surface area contributed by atoms with E-state index in [1.807, 2.05) is 60.0 Å².